The summed E-state index contributed by atoms with van der Waals surface area (Å²) in [5.74, 6) is 0. The van der Waals surface area contributed by atoms with Crippen LogP contribution < -0.4 is 5.32 Å². The van der Waals surface area contributed by atoms with E-state index in [2.05, 4.69) is 50.9 Å². The molecule has 0 aromatic heterocycles. The minimum Gasteiger partial charge on any atom is -0.298 e. The van der Waals surface area contributed by atoms with Crippen LogP contribution in [0.25, 0.3) is 0 Å². The van der Waals surface area contributed by atoms with E-state index in [1.165, 1.54) is 0 Å². The van der Waals surface area contributed by atoms with Crippen molar-refractivity contribution in [2.24, 2.45) is 0 Å². The zero-order valence-electron chi connectivity index (χ0n) is 12.0. The van der Waals surface area contributed by atoms with E-state index >= 15 is 0 Å². The standard InChI is InChI=1S/C14H27N3/c1-6-17(12(4)5)13-7-8-14(9-13,10-15)16-11(2)3/h11-13,16H,6-9H2,1-5H3. The molecule has 3 heteroatoms. The molecule has 2 unspecified atom stereocenters. The second-order valence-corrected chi connectivity index (χ2v) is 5.81. The maximum Gasteiger partial charge on any atom is 0.108 e. The van der Waals surface area contributed by atoms with Gasteiger partial charge in [-0.1, -0.05) is 6.92 Å². The Morgan fingerprint density at radius 3 is 2.47 bits per heavy atom. The van der Waals surface area contributed by atoms with Gasteiger partial charge >= 0.3 is 0 Å². The Labute approximate surface area is 106 Å². The normalized spacial score (nSPS) is 29.2. The van der Waals surface area contributed by atoms with E-state index in [-0.39, 0.29) is 5.54 Å². The maximum absolute atomic E-state index is 9.45. The van der Waals surface area contributed by atoms with Gasteiger partial charge in [0.2, 0.25) is 0 Å². The first kappa shape index (κ1) is 14.5. The van der Waals surface area contributed by atoms with Crippen molar-refractivity contribution in [1.29, 1.82) is 5.26 Å². The van der Waals surface area contributed by atoms with Gasteiger partial charge in [-0.3, -0.25) is 10.2 Å². The summed E-state index contributed by atoms with van der Waals surface area (Å²) in [6.07, 6.45) is 3.09. The van der Waals surface area contributed by atoms with E-state index < -0.39 is 0 Å². The topological polar surface area (TPSA) is 39.1 Å². The van der Waals surface area contributed by atoms with Gasteiger partial charge in [0.1, 0.15) is 5.54 Å². The van der Waals surface area contributed by atoms with Crippen LogP contribution in [0.1, 0.15) is 53.9 Å². The number of nitrogens with one attached hydrogen (secondary N) is 1. The van der Waals surface area contributed by atoms with Gasteiger partial charge in [0.05, 0.1) is 6.07 Å². The van der Waals surface area contributed by atoms with Crippen LogP contribution in [0, 0.1) is 11.3 Å². The molecule has 98 valence electrons. The second kappa shape index (κ2) is 5.84. The fraction of sp³-hybridized carbons (Fsp3) is 0.929. The van der Waals surface area contributed by atoms with E-state index in [0.717, 1.165) is 25.8 Å². The van der Waals surface area contributed by atoms with E-state index in [4.69, 9.17) is 0 Å². The van der Waals surface area contributed by atoms with Crippen LogP contribution in [0.2, 0.25) is 0 Å². The highest BCUT2D eigenvalue weighted by Gasteiger charge is 2.41. The Morgan fingerprint density at radius 2 is 2.06 bits per heavy atom. The highest BCUT2D eigenvalue weighted by atomic mass is 15.2. The lowest BCUT2D eigenvalue weighted by Crippen LogP contribution is -2.47. The summed E-state index contributed by atoms with van der Waals surface area (Å²) in [5.41, 5.74) is -0.291. The van der Waals surface area contributed by atoms with Crippen molar-refractivity contribution in [2.75, 3.05) is 6.54 Å². The van der Waals surface area contributed by atoms with Crippen LogP contribution in [0.4, 0.5) is 0 Å². The molecular weight excluding hydrogens is 210 g/mol. The lowest BCUT2D eigenvalue weighted by Gasteiger charge is -2.33. The first-order valence-corrected chi connectivity index (χ1v) is 6.89. The molecule has 0 saturated heterocycles. The Kier molecular flexibility index (Phi) is 4.97. The summed E-state index contributed by atoms with van der Waals surface area (Å²) in [5, 5.41) is 12.9. The van der Waals surface area contributed by atoms with Gasteiger partial charge in [0.25, 0.3) is 0 Å². The molecule has 1 fully saturated rings. The number of hydrogen-bond donors (Lipinski definition) is 1. The lowest BCUT2D eigenvalue weighted by atomic mass is 9.98. The van der Waals surface area contributed by atoms with Crippen molar-refractivity contribution in [2.45, 2.75) is 77.5 Å². The monoisotopic (exact) mass is 237 g/mol. The number of nitrogens with zero attached hydrogens (tertiary/aromatic N) is 2. The van der Waals surface area contributed by atoms with E-state index in [1.807, 2.05) is 0 Å². The van der Waals surface area contributed by atoms with Crippen LogP contribution >= 0.6 is 0 Å². The van der Waals surface area contributed by atoms with Gasteiger partial charge in [0, 0.05) is 18.1 Å². The predicted molar refractivity (Wildman–Crippen MR) is 71.8 cm³/mol. The fourth-order valence-corrected chi connectivity index (χ4v) is 3.16. The van der Waals surface area contributed by atoms with Crippen molar-refractivity contribution < 1.29 is 0 Å². The van der Waals surface area contributed by atoms with Crippen molar-refractivity contribution in [1.82, 2.24) is 10.2 Å². The fourth-order valence-electron chi connectivity index (χ4n) is 3.16. The third-order valence-electron chi connectivity index (χ3n) is 3.76. The number of rotatable bonds is 5. The van der Waals surface area contributed by atoms with Gasteiger partial charge in [-0.2, -0.15) is 5.26 Å². The molecule has 1 aliphatic carbocycles. The van der Waals surface area contributed by atoms with Crippen LogP contribution in [0.3, 0.4) is 0 Å². The average molecular weight is 237 g/mol. The molecule has 1 N–H and O–H groups in total. The van der Waals surface area contributed by atoms with Crippen molar-refractivity contribution >= 4 is 0 Å². The molecule has 2 atom stereocenters. The molecule has 0 radical (unpaired) electrons. The Bertz CT molecular complexity index is 280. The largest absolute Gasteiger partial charge is 0.298 e. The van der Waals surface area contributed by atoms with Crippen molar-refractivity contribution in [3.05, 3.63) is 0 Å². The third kappa shape index (κ3) is 3.43. The van der Waals surface area contributed by atoms with Crippen LogP contribution in [0.15, 0.2) is 0 Å². The zero-order chi connectivity index (χ0) is 13.1. The Balaban J connectivity index is 2.70. The second-order valence-electron chi connectivity index (χ2n) is 5.81. The van der Waals surface area contributed by atoms with Gasteiger partial charge in [-0.15, -0.1) is 0 Å². The molecule has 1 aliphatic rings. The highest BCUT2D eigenvalue weighted by molar-refractivity contribution is 5.14. The van der Waals surface area contributed by atoms with Crippen molar-refractivity contribution in [3.8, 4) is 6.07 Å². The molecule has 0 heterocycles. The molecule has 3 nitrogen and oxygen atoms in total. The average Bonchev–Trinajstić information content (AvgIpc) is 2.62. The van der Waals surface area contributed by atoms with Gasteiger partial charge in [-0.25, -0.2) is 0 Å². The van der Waals surface area contributed by atoms with Gasteiger partial charge < -0.3 is 0 Å². The predicted octanol–water partition coefficient (Wildman–Crippen LogP) is 2.53. The summed E-state index contributed by atoms with van der Waals surface area (Å²) in [7, 11) is 0. The molecule has 0 spiro atoms. The molecule has 0 aliphatic heterocycles. The smallest absolute Gasteiger partial charge is 0.108 e. The lowest BCUT2D eigenvalue weighted by molar-refractivity contribution is 0.158. The minimum atomic E-state index is -0.291. The number of nitriles is 1. The first-order valence-electron chi connectivity index (χ1n) is 6.89. The molecule has 17 heavy (non-hydrogen) atoms. The highest BCUT2D eigenvalue weighted by Crippen LogP contribution is 2.33. The molecule has 1 rings (SSSR count). The van der Waals surface area contributed by atoms with Gasteiger partial charge in [-0.05, 0) is 53.5 Å². The summed E-state index contributed by atoms with van der Waals surface area (Å²) in [4.78, 5) is 2.51. The molecular formula is C14H27N3. The summed E-state index contributed by atoms with van der Waals surface area (Å²) < 4.78 is 0. The van der Waals surface area contributed by atoms with Crippen LogP contribution in [-0.4, -0.2) is 35.1 Å². The van der Waals surface area contributed by atoms with Crippen molar-refractivity contribution in [3.63, 3.8) is 0 Å². The molecule has 0 aromatic carbocycles. The summed E-state index contributed by atoms with van der Waals surface area (Å²) in [6.45, 7) is 12.0. The molecule has 0 amide bonds. The SMILES string of the molecule is CCN(C(C)C)C1CCC(C#N)(NC(C)C)C1. The molecule has 1 saturated carbocycles. The summed E-state index contributed by atoms with van der Waals surface area (Å²) in [6, 6.07) is 4.03. The molecule has 0 bridgehead atoms. The summed E-state index contributed by atoms with van der Waals surface area (Å²) >= 11 is 0. The third-order valence-corrected chi connectivity index (χ3v) is 3.76. The maximum atomic E-state index is 9.45. The minimum absolute atomic E-state index is 0.291. The van der Waals surface area contributed by atoms with E-state index in [9.17, 15) is 5.26 Å². The van der Waals surface area contributed by atoms with Crippen LogP contribution in [-0.2, 0) is 0 Å². The quantitative estimate of drug-likeness (QED) is 0.798. The Morgan fingerprint density at radius 1 is 1.41 bits per heavy atom. The van der Waals surface area contributed by atoms with E-state index in [0.29, 0.717) is 18.1 Å². The molecule has 0 aromatic rings. The number of hydrogen-bond acceptors (Lipinski definition) is 3. The van der Waals surface area contributed by atoms with Crippen LogP contribution in [0.5, 0.6) is 0 Å². The Hall–Kier alpha value is -0.590. The van der Waals surface area contributed by atoms with E-state index in [1.54, 1.807) is 0 Å². The zero-order valence-corrected chi connectivity index (χ0v) is 12.0. The first-order chi connectivity index (χ1) is 7.94. The van der Waals surface area contributed by atoms with Gasteiger partial charge in [0.15, 0.2) is 0 Å².